The van der Waals surface area contributed by atoms with E-state index < -0.39 is 13.1 Å². The number of rotatable bonds is 7. The second kappa shape index (κ2) is 7.53. The van der Waals surface area contributed by atoms with Crippen LogP contribution in [0.5, 0.6) is 0 Å². The van der Waals surface area contributed by atoms with Crippen molar-refractivity contribution in [1.82, 2.24) is 4.90 Å². The van der Waals surface area contributed by atoms with E-state index in [-0.39, 0.29) is 18.2 Å². The number of nitrogens with zero attached hydrogens (tertiary/aromatic N) is 1. The Hall–Kier alpha value is -1.29. The molecule has 0 saturated heterocycles. The number of hydrogen-bond donors (Lipinski definition) is 3. The summed E-state index contributed by atoms with van der Waals surface area (Å²) < 4.78 is 0. The van der Waals surface area contributed by atoms with Crippen LogP contribution in [0.4, 0.5) is 0 Å². The molecule has 4 nitrogen and oxygen atoms in total. The fourth-order valence-electron chi connectivity index (χ4n) is 3.56. The average Bonchev–Trinajstić information content (AvgIpc) is 2.52. The quantitative estimate of drug-likeness (QED) is 0.643. The molecule has 0 radical (unpaired) electrons. The van der Waals surface area contributed by atoms with Gasteiger partial charge in [0.25, 0.3) is 0 Å². The second-order valence-electron chi connectivity index (χ2n) is 7.28. The van der Waals surface area contributed by atoms with E-state index in [1.165, 1.54) is 0 Å². The van der Waals surface area contributed by atoms with Crippen molar-refractivity contribution < 1.29 is 14.7 Å². The molecule has 2 aromatic carbocycles. The fourth-order valence-corrected chi connectivity index (χ4v) is 6.50. The zero-order chi connectivity index (χ0) is 18.7. The van der Waals surface area contributed by atoms with Gasteiger partial charge < -0.3 is 0 Å². The van der Waals surface area contributed by atoms with Crippen molar-refractivity contribution in [1.29, 1.82) is 0 Å². The van der Waals surface area contributed by atoms with E-state index in [4.69, 9.17) is 0 Å². The van der Waals surface area contributed by atoms with Crippen LogP contribution in [0, 0.1) is 0 Å². The molecule has 138 valence electrons. The Morgan fingerprint density at radius 2 is 1.20 bits per heavy atom. The van der Waals surface area contributed by atoms with Crippen molar-refractivity contribution in [3.8, 4) is 0 Å². The van der Waals surface area contributed by atoms with E-state index in [2.05, 4.69) is 0 Å². The van der Waals surface area contributed by atoms with Gasteiger partial charge in [-0.1, -0.05) is 0 Å². The third-order valence-corrected chi connectivity index (χ3v) is 6.94. The van der Waals surface area contributed by atoms with Crippen molar-refractivity contribution in [2.45, 2.75) is 51.7 Å². The van der Waals surface area contributed by atoms with Crippen LogP contribution in [0.3, 0.4) is 0 Å². The monoisotopic (exact) mass is 363 g/mol. The molecule has 2 aromatic rings. The molecule has 1 unspecified atom stereocenters. The summed E-state index contributed by atoms with van der Waals surface area (Å²) in [6.07, 6.45) is -0.165. The molecular weight excluding hydrogens is 333 g/mol. The molecule has 0 aliphatic heterocycles. The summed E-state index contributed by atoms with van der Waals surface area (Å²) in [5, 5.41) is 0. The minimum absolute atomic E-state index is 0.0360. The van der Waals surface area contributed by atoms with Gasteiger partial charge in [0.15, 0.2) is 0 Å². The van der Waals surface area contributed by atoms with E-state index in [0.717, 1.165) is 0 Å². The maximum atomic E-state index is 11.2. The second-order valence-corrected chi connectivity index (χ2v) is 10.5. The van der Waals surface area contributed by atoms with Gasteiger partial charge in [0.2, 0.25) is 0 Å². The van der Waals surface area contributed by atoms with Crippen molar-refractivity contribution in [3.05, 3.63) is 71.8 Å². The first-order valence-corrected chi connectivity index (χ1v) is 11.1. The number of hydrogen-bond acceptors (Lipinski definition) is 4. The van der Waals surface area contributed by atoms with Gasteiger partial charge in [0.05, 0.1) is 0 Å². The molecular formula is C20H30NO3P. The zero-order valence-electron chi connectivity index (χ0n) is 15.4. The average molecular weight is 363 g/mol. The van der Waals surface area contributed by atoms with Crippen molar-refractivity contribution in [2.24, 2.45) is 0 Å². The molecule has 0 bridgehead atoms. The van der Waals surface area contributed by atoms with Crippen LogP contribution in [0.2, 0.25) is 0 Å². The summed E-state index contributed by atoms with van der Waals surface area (Å²) in [5.41, 5.74) is 1.42. The Balaban J connectivity index is 2.56. The molecule has 25 heavy (non-hydrogen) atoms. The molecule has 3 N–H and O–H groups in total. The summed E-state index contributed by atoms with van der Waals surface area (Å²) >= 11 is 0. The van der Waals surface area contributed by atoms with Crippen molar-refractivity contribution in [2.75, 3.05) is 0 Å². The van der Waals surface area contributed by atoms with Gasteiger partial charge in [-0.15, -0.1) is 0 Å². The van der Waals surface area contributed by atoms with E-state index in [1.807, 2.05) is 81.1 Å². The van der Waals surface area contributed by atoms with E-state index in [0.29, 0.717) is 11.1 Å². The first kappa shape index (κ1) is 20.0. The molecule has 5 heteroatoms. The van der Waals surface area contributed by atoms with E-state index in [1.54, 1.807) is 12.1 Å². The Morgan fingerprint density at radius 1 is 0.760 bits per heavy atom. The third kappa shape index (κ3) is 4.87. The zero-order valence-corrected chi connectivity index (χ0v) is 16.3. The van der Waals surface area contributed by atoms with E-state index in [9.17, 15) is 14.7 Å². The molecule has 0 spiro atoms. The molecule has 0 aliphatic carbocycles. The Labute approximate surface area is 150 Å². The summed E-state index contributed by atoms with van der Waals surface area (Å²) in [7, 11) is -5.07. The van der Waals surface area contributed by atoms with Gasteiger partial charge in [0, 0.05) is 0 Å². The third-order valence-electron chi connectivity index (χ3n) is 4.40. The standard InChI is InChI=1S/C20H30NO3P/c1-16(2)21(17(3)4)20(19-13-9-6-10-14-19)25(22,23,24)15-18-11-7-5-8-12-18/h5-14,16-17,20,22-24H,15H2,1-4H3. The van der Waals surface area contributed by atoms with Gasteiger partial charge >= 0.3 is 150 Å². The molecule has 1 atom stereocenters. The minimum atomic E-state index is -5.07. The predicted octanol–water partition coefficient (Wildman–Crippen LogP) is 4.28. The van der Waals surface area contributed by atoms with Crippen LogP contribution >= 0.6 is 7.28 Å². The topological polar surface area (TPSA) is 63.9 Å². The summed E-state index contributed by atoms with van der Waals surface area (Å²) in [5.74, 6) is -0.868. The Morgan fingerprint density at radius 3 is 1.64 bits per heavy atom. The van der Waals surface area contributed by atoms with Crippen LogP contribution in [0.25, 0.3) is 0 Å². The summed E-state index contributed by atoms with van der Waals surface area (Å²) in [6, 6.07) is 18.5. The predicted molar refractivity (Wildman–Crippen MR) is 105 cm³/mol. The normalized spacial score (nSPS) is 15.4. The van der Waals surface area contributed by atoms with Crippen LogP contribution in [-0.4, -0.2) is 31.7 Å². The van der Waals surface area contributed by atoms with Gasteiger partial charge in [-0.05, 0) is 0 Å². The molecule has 2 rings (SSSR count). The first-order valence-electron chi connectivity index (χ1n) is 8.72. The van der Waals surface area contributed by atoms with Crippen molar-refractivity contribution in [3.63, 3.8) is 0 Å². The Kier molecular flexibility index (Phi) is 6.03. The molecule has 0 saturated carbocycles. The Bertz CT molecular complexity index is 658. The van der Waals surface area contributed by atoms with Crippen LogP contribution in [0.15, 0.2) is 60.7 Å². The van der Waals surface area contributed by atoms with E-state index >= 15 is 0 Å². The SMILES string of the molecule is CC(C)N(C(C)C)C(c1ccccc1)P(O)(O)(O)Cc1ccccc1. The summed E-state index contributed by atoms with van der Waals surface area (Å²) in [6.45, 7) is 8.02. The van der Waals surface area contributed by atoms with Crippen LogP contribution < -0.4 is 0 Å². The maximum absolute atomic E-state index is 11.2. The van der Waals surface area contributed by atoms with Crippen LogP contribution in [0.1, 0.15) is 44.6 Å². The molecule has 0 aromatic heterocycles. The van der Waals surface area contributed by atoms with Gasteiger partial charge in [-0.25, -0.2) is 0 Å². The molecule has 0 amide bonds. The van der Waals surface area contributed by atoms with Gasteiger partial charge in [-0.3, -0.25) is 0 Å². The first-order chi connectivity index (χ1) is 11.6. The fraction of sp³-hybridized carbons (Fsp3) is 0.400. The van der Waals surface area contributed by atoms with Gasteiger partial charge in [0.1, 0.15) is 0 Å². The van der Waals surface area contributed by atoms with Crippen molar-refractivity contribution >= 4 is 7.28 Å². The number of benzene rings is 2. The van der Waals surface area contributed by atoms with Gasteiger partial charge in [-0.2, -0.15) is 0 Å². The van der Waals surface area contributed by atoms with Crippen LogP contribution in [-0.2, 0) is 6.16 Å². The molecule has 0 fully saturated rings. The molecule has 0 heterocycles. The summed E-state index contributed by atoms with van der Waals surface area (Å²) in [4.78, 5) is 35.6. The molecule has 0 aliphatic rings.